The van der Waals surface area contributed by atoms with Gasteiger partial charge in [-0.3, -0.25) is 9.59 Å². The quantitative estimate of drug-likeness (QED) is 0.350. The van der Waals surface area contributed by atoms with Gasteiger partial charge in [0.25, 0.3) is 0 Å². The number of hydrogen-bond acceptors (Lipinski definition) is 4. The number of nitrogen functional groups attached to an aromatic ring is 1. The number of rotatable bonds is 10. The first-order chi connectivity index (χ1) is 17.4. The predicted octanol–water partition coefficient (Wildman–Crippen LogP) is 5.35. The minimum atomic E-state index is -0.289. The van der Waals surface area contributed by atoms with Crippen LogP contribution in [0.2, 0.25) is 10.0 Å². The highest BCUT2D eigenvalue weighted by molar-refractivity contribution is 6.35. The van der Waals surface area contributed by atoms with Crippen LogP contribution in [0.3, 0.4) is 0 Å². The Morgan fingerprint density at radius 1 is 0.944 bits per heavy atom. The second kappa shape index (κ2) is 12.3. The Morgan fingerprint density at radius 3 is 2.31 bits per heavy atom. The summed E-state index contributed by atoms with van der Waals surface area (Å²) in [6.07, 6.45) is 2.21. The number of amides is 2. The lowest BCUT2D eigenvalue weighted by Gasteiger charge is -2.31. The van der Waals surface area contributed by atoms with Crippen LogP contribution >= 0.6 is 23.2 Å². The van der Waals surface area contributed by atoms with Gasteiger partial charge < -0.3 is 20.9 Å². The Morgan fingerprint density at radius 2 is 1.67 bits per heavy atom. The molecule has 0 atom stereocenters. The third-order valence-corrected chi connectivity index (χ3v) is 6.70. The Hall–Kier alpha value is -3.06. The fourth-order valence-corrected chi connectivity index (χ4v) is 4.68. The predicted molar refractivity (Wildman–Crippen MR) is 147 cm³/mol. The van der Waals surface area contributed by atoms with Crippen LogP contribution in [-0.4, -0.2) is 54.3 Å². The second-order valence-electron chi connectivity index (χ2n) is 9.04. The van der Waals surface area contributed by atoms with E-state index in [0.29, 0.717) is 35.1 Å². The largest absolute Gasteiger partial charge is 0.399 e. The summed E-state index contributed by atoms with van der Waals surface area (Å²) in [7, 11) is 0. The van der Waals surface area contributed by atoms with E-state index in [4.69, 9.17) is 28.9 Å². The fourth-order valence-electron chi connectivity index (χ4n) is 4.16. The number of benzene rings is 3. The molecule has 1 aliphatic rings. The molecule has 4 rings (SSSR count). The van der Waals surface area contributed by atoms with Crippen molar-refractivity contribution in [2.24, 2.45) is 0 Å². The highest BCUT2D eigenvalue weighted by atomic mass is 35.5. The molecule has 0 bridgehead atoms. The number of likely N-dealkylation sites (tertiary alicyclic amines) is 1. The number of nitrogens with two attached hydrogens (primary N) is 1. The van der Waals surface area contributed by atoms with Gasteiger partial charge in [0.15, 0.2) is 0 Å². The van der Waals surface area contributed by atoms with E-state index in [1.54, 1.807) is 23.1 Å². The number of halogens is 2. The Balaban J connectivity index is 1.39. The van der Waals surface area contributed by atoms with E-state index in [1.807, 2.05) is 24.3 Å². The Kier molecular flexibility index (Phi) is 8.86. The molecule has 1 saturated heterocycles. The standard InChI is InChI=1S/C28H30Cl2N4O2/c29-23-16-24(30)18-26(17-23)32-27(35)19-34(28(36)10-13-33-11-2-12-33)14-9-20-5-7-21(8-6-20)22-3-1-4-25(31)15-22/h1,3-8,15-18H,2,9-14,19,31H2,(H,32,35). The molecule has 2 amide bonds. The summed E-state index contributed by atoms with van der Waals surface area (Å²) in [6.45, 7) is 3.19. The SMILES string of the molecule is Nc1cccc(-c2ccc(CCN(CC(=O)Nc3cc(Cl)cc(Cl)c3)C(=O)CCN3CCC3)cc2)c1. The lowest BCUT2D eigenvalue weighted by atomic mass is 10.0. The maximum atomic E-state index is 13.0. The molecule has 1 fully saturated rings. The van der Waals surface area contributed by atoms with E-state index in [-0.39, 0.29) is 18.4 Å². The van der Waals surface area contributed by atoms with Gasteiger partial charge in [0.1, 0.15) is 0 Å². The molecular weight excluding hydrogens is 495 g/mol. The average molecular weight is 525 g/mol. The topological polar surface area (TPSA) is 78.7 Å². The van der Waals surface area contributed by atoms with Gasteiger partial charge in [0.2, 0.25) is 11.8 Å². The molecule has 0 radical (unpaired) electrons. The van der Waals surface area contributed by atoms with Crippen LogP contribution in [0, 0.1) is 0 Å². The summed E-state index contributed by atoms with van der Waals surface area (Å²) < 4.78 is 0. The first kappa shape index (κ1) is 26.0. The van der Waals surface area contributed by atoms with Gasteiger partial charge in [0, 0.05) is 40.9 Å². The van der Waals surface area contributed by atoms with Crippen molar-refractivity contribution in [2.75, 3.05) is 43.8 Å². The fraction of sp³-hybridized carbons (Fsp3) is 0.286. The molecule has 1 heterocycles. The third kappa shape index (κ3) is 7.47. The summed E-state index contributed by atoms with van der Waals surface area (Å²) in [5.74, 6) is -0.319. The first-order valence-corrected chi connectivity index (χ1v) is 12.8. The van der Waals surface area contributed by atoms with Crippen molar-refractivity contribution in [3.8, 4) is 11.1 Å². The van der Waals surface area contributed by atoms with E-state index in [0.717, 1.165) is 42.0 Å². The number of hydrogen-bond donors (Lipinski definition) is 2. The van der Waals surface area contributed by atoms with Crippen molar-refractivity contribution >= 4 is 46.4 Å². The van der Waals surface area contributed by atoms with Crippen molar-refractivity contribution in [1.29, 1.82) is 0 Å². The van der Waals surface area contributed by atoms with Crippen LogP contribution in [0.1, 0.15) is 18.4 Å². The van der Waals surface area contributed by atoms with Crippen LogP contribution in [0.5, 0.6) is 0 Å². The zero-order valence-electron chi connectivity index (χ0n) is 20.1. The van der Waals surface area contributed by atoms with Crippen LogP contribution < -0.4 is 11.1 Å². The molecule has 188 valence electrons. The number of carbonyl (C=O) groups is 2. The van der Waals surface area contributed by atoms with Crippen molar-refractivity contribution in [3.63, 3.8) is 0 Å². The Bertz CT molecular complexity index is 1190. The van der Waals surface area contributed by atoms with Gasteiger partial charge in [0.05, 0.1) is 6.54 Å². The van der Waals surface area contributed by atoms with Crippen LogP contribution in [0.4, 0.5) is 11.4 Å². The highest BCUT2D eigenvalue weighted by Crippen LogP contribution is 2.23. The maximum absolute atomic E-state index is 13.0. The van der Waals surface area contributed by atoms with Crippen molar-refractivity contribution in [1.82, 2.24) is 9.80 Å². The summed E-state index contributed by atoms with van der Waals surface area (Å²) in [6, 6.07) is 20.8. The zero-order valence-corrected chi connectivity index (χ0v) is 21.6. The van der Waals surface area contributed by atoms with E-state index in [2.05, 4.69) is 34.5 Å². The molecular formula is C28H30Cl2N4O2. The first-order valence-electron chi connectivity index (χ1n) is 12.1. The smallest absolute Gasteiger partial charge is 0.243 e. The molecule has 1 aliphatic heterocycles. The molecule has 0 aliphatic carbocycles. The summed E-state index contributed by atoms with van der Waals surface area (Å²) in [4.78, 5) is 29.7. The molecule has 3 N–H and O–H groups in total. The summed E-state index contributed by atoms with van der Waals surface area (Å²) in [5, 5.41) is 3.67. The van der Waals surface area contributed by atoms with Crippen LogP contribution in [0.25, 0.3) is 11.1 Å². The second-order valence-corrected chi connectivity index (χ2v) is 9.91. The number of anilines is 2. The van der Waals surface area contributed by atoms with Crippen molar-refractivity contribution in [2.45, 2.75) is 19.3 Å². The van der Waals surface area contributed by atoms with Gasteiger partial charge in [-0.2, -0.15) is 0 Å². The molecule has 3 aromatic rings. The van der Waals surface area contributed by atoms with Gasteiger partial charge in [-0.25, -0.2) is 0 Å². The number of nitrogens with zero attached hydrogens (tertiary/aromatic N) is 2. The highest BCUT2D eigenvalue weighted by Gasteiger charge is 2.20. The molecule has 3 aromatic carbocycles. The van der Waals surface area contributed by atoms with E-state index in [1.165, 1.54) is 6.42 Å². The molecule has 0 spiro atoms. The molecule has 8 heteroatoms. The molecule has 0 saturated carbocycles. The summed E-state index contributed by atoms with van der Waals surface area (Å²) >= 11 is 12.1. The monoisotopic (exact) mass is 524 g/mol. The molecule has 6 nitrogen and oxygen atoms in total. The number of carbonyl (C=O) groups excluding carboxylic acids is 2. The normalized spacial score (nSPS) is 13.2. The molecule has 36 heavy (non-hydrogen) atoms. The van der Waals surface area contributed by atoms with Crippen molar-refractivity contribution < 1.29 is 9.59 Å². The van der Waals surface area contributed by atoms with Gasteiger partial charge in [-0.15, -0.1) is 0 Å². The van der Waals surface area contributed by atoms with Crippen molar-refractivity contribution in [3.05, 3.63) is 82.3 Å². The minimum absolute atomic E-state index is 0.0300. The lowest BCUT2D eigenvalue weighted by Crippen LogP contribution is -2.43. The van der Waals surface area contributed by atoms with Gasteiger partial charge in [-0.05, 0) is 73.0 Å². The minimum Gasteiger partial charge on any atom is -0.399 e. The number of nitrogens with one attached hydrogen (secondary N) is 1. The molecule has 0 aromatic heterocycles. The average Bonchev–Trinajstić information content (AvgIpc) is 2.80. The third-order valence-electron chi connectivity index (χ3n) is 6.27. The van der Waals surface area contributed by atoms with Gasteiger partial charge in [-0.1, -0.05) is 59.6 Å². The van der Waals surface area contributed by atoms with Crippen LogP contribution in [-0.2, 0) is 16.0 Å². The molecule has 0 unspecified atom stereocenters. The summed E-state index contributed by atoms with van der Waals surface area (Å²) in [5.41, 5.74) is 10.4. The maximum Gasteiger partial charge on any atom is 0.243 e. The van der Waals surface area contributed by atoms with E-state index < -0.39 is 0 Å². The zero-order chi connectivity index (χ0) is 25.5. The van der Waals surface area contributed by atoms with E-state index >= 15 is 0 Å². The lowest BCUT2D eigenvalue weighted by molar-refractivity contribution is -0.135. The Labute approximate surface area is 222 Å². The van der Waals surface area contributed by atoms with Gasteiger partial charge >= 0.3 is 0 Å². The van der Waals surface area contributed by atoms with Crippen LogP contribution in [0.15, 0.2) is 66.7 Å². The van der Waals surface area contributed by atoms with E-state index in [9.17, 15) is 9.59 Å².